The van der Waals surface area contributed by atoms with Gasteiger partial charge >= 0.3 is 6.09 Å². The summed E-state index contributed by atoms with van der Waals surface area (Å²) in [5, 5.41) is 11.9. The fourth-order valence-electron chi connectivity index (χ4n) is 1.96. The minimum absolute atomic E-state index is 0.294. The van der Waals surface area contributed by atoms with Crippen LogP contribution in [0.15, 0.2) is 54.7 Å². The first-order chi connectivity index (χ1) is 9.72. The highest BCUT2D eigenvalue weighted by Crippen LogP contribution is 2.21. The molecule has 0 aliphatic heterocycles. The van der Waals surface area contributed by atoms with Crippen LogP contribution in [0.25, 0.3) is 22.2 Å². The van der Waals surface area contributed by atoms with E-state index in [-0.39, 0.29) is 0 Å². The average Bonchev–Trinajstić information content (AvgIpc) is 2.47. The van der Waals surface area contributed by atoms with Crippen molar-refractivity contribution in [2.24, 2.45) is 0 Å². The summed E-state index contributed by atoms with van der Waals surface area (Å²) in [4.78, 5) is 19.1. The van der Waals surface area contributed by atoms with Crippen LogP contribution in [-0.2, 0) is 0 Å². The minimum atomic E-state index is -1.13. The Morgan fingerprint density at radius 3 is 2.65 bits per heavy atom. The van der Waals surface area contributed by atoms with Crippen molar-refractivity contribution in [3.63, 3.8) is 0 Å². The first-order valence-electron chi connectivity index (χ1n) is 6.04. The predicted molar refractivity (Wildman–Crippen MR) is 76.6 cm³/mol. The van der Waals surface area contributed by atoms with Gasteiger partial charge in [0, 0.05) is 17.1 Å². The molecule has 0 saturated heterocycles. The molecule has 2 aromatic heterocycles. The molecule has 3 aromatic rings. The Bertz CT molecular complexity index is 769. The lowest BCUT2D eigenvalue weighted by Crippen LogP contribution is -2.08. The summed E-state index contributed by atoms with van der Waals surface area (Å²) in [6, 6.07) is 15.2. The molecule has 1 aromatic carbocycles. The van der Waals surface area contributed by atoms with E-state index in [1.54, 1.807) is 18.3 Å². The number of hydrogen-bond acceptors (Lipinski definition) is 3. The highest BCUT2D eigenvalue weighted by atomic mass is 16.4. The number of anilines is 1. The molecule has 0 radical (unpaired) electrons. The van der Waals surface area contributed by atoms with E-state index < -0.39 is 6.09 Å². The lowest BCUT2D eigenvalue weighted by molar-refractivity contribution is 0.209. The molecule has 3 rings (SSSR count). The maximum atomic E-state index is 10.5. The van der Waals surface area contributed by atoms with Crippen molar-refractivity contribution < 1.29 is 9.90 Å². The first kappa shape index (κ1) is 12.1. The number of pyridine rings is 2. The summed E-state index contributed by atoms with van der Waals surface area (Å²) in [7, 11) is 0. The largest absolute Gasteiger partial charge is 0.465 e. The molecule has 0 aliphatic rings. The average molecular weight is 265 g/mol. The molecule has 1 amide bonds. The van der Waals surface area contributed by atoms with Crippen molar-refractivity contribution in [3.05, 3.63) is 54.7 Å². The Morgan fingerprint density at radius 2 is 1.90 bits per heavy atom. The predicted octanol–water partition coefficient (Wildman–Crippen LogP) is 3.39. The number of benzene rings is 1. The topological polar surface area (TPSA) is 75.1 Å². The number of para-hydroxylation sites is 1. The van der Waals surface area contributed by atoms with E-state index in [4.69, 9.17) is 5.11 Å². The zero-order valence-electron chi connectivity index (χ0n) is 10.4. The number of carbonyl (C=O) groups is 1. The van der Waals surface area contributed by atoms with E-state index in [0.717, 1.165) is 22.2 Å². The van der Waals surface area contributed by atoms with Gasteiger partial charge in [0.25, 0.3) is 0 Å². The van der Waals surface area contributed by atoms with E-state index >= 15 is 0 Å². The maximum Gasteiger partial charge on any atom is 0.410 e. The van der Waals surface area contributed by atoms with Crippen LogP contribution in [0.5, 0.6) is 0 Å². The van der Waals surface area contributed by atoms with Gasteiger partial charge < -0.3 is 5.11 Å². The van der Waals surface area contributed by atoms with Gasteiger partial charge in [-0.2, -0.15) is 0 Å². The van der Waals surface area contributed by atoms with E-state index in [0.29, 0.717) is 5.82 Å². The van der Waals surface area contributed by atoms with Gasteiger partial charge in [-0.15, -0.1) is 0 Å². The molecule has 5 heteroatoms. The second kappa shape index (κ2) is 4.97. The third-order valence-electron chi connectivity index (χ3n) is 2.89. The van der Waals surface area contributed by atoms with Gasteiger partial charge in [0.05, 0.1) is 11.2 Å². The van der Waals surface area contributed by atoms with E-state index in [2.05, 4.69) is 15.3 Å². The van der Waals surface area contributed by atoms with Crippen molar-refractivity contribution in [1.82, 2.24) is 9.97 Å². The molecule has 0 spiro atoms. The SMILES string of the molecule is O=C(O)Nc1ccc(-c2ccc3ccccc3n2)cn1. The number of aromatic nitrogens is 2. The Hall–Kier alpha value is -2.95. The molecule has 0 fully saturated rings. The quantitative estimate of drug-likeness (QED) is 0.744. The van der Waals surface area contributed by atoms with Crippen LogP contribution in [0.3, 0.4) is 0 Å². The lowest BCUT2D eigenvalue weighted by Gasteiger charge is -2.04. The molecule has 98 valence electrons. The number of carboxylic acid groups (broad SMARTS) is 1. The minimum Gasteiger partial charge on any atom is -0.465 e. The summed E-state index contributed by atoms with van der Waals surface area (Å²) in [5.41, 5.74) is 2.56. The lowest BCUT2D eigenvalue weighted by atomic mass is 10.1. The van der Waals surface area contributed by atoms with E-state index in [9.17, 15) is 4.79 Å². The van der Waals surface area contributed by atoms with Crippen LogP contribution in [-0.4, -0.2) is 21.2 Å². The molecular formula is C15H11N3O2. The van der Waals surface area contributed by atoms with Crippen molar-refractivity contribution in [2.75, 3.05) is 5.32 Å². The molecule has 20 heavy (non-hydrogen) atoms. The Balaban J connectivity index is 1.96. The maximum absolute atomic E-state index is 10.5. The Labute approximate surface area is 114 Å². The van der Waals surface area contributed by atoms with Crippen molar-refractivity contribution in [3.8, 4) is 11.3 Å². The van der Waals surface area contributed by atoms with Gasteiger partial charge in [-0.3, -0.25) is 5.32 Å². The molecule has 0 bridgehead atoms. The van der Waals surface area contributed by atoms with Crippen LogP contribution >= 0.6 is 0 Å². The fourth-order valence-corrected chi connectivity index (χ4v) is 1.96. The van der Waals surface area contributed by atoms with Crippen molar-refractivity contribution in [1.29, 1.82) is 0 Å². The second-order valence-electron chi connectivity index (χ2n) is 4.25. The molecule has 0 aliphatic carbocycles. The number of nitrogens with zero attached hydrogens (tertiary/aromatic N) is 2. The van der Waals surface area contributed by atoms with E-state index in [1.165, 1.54) is 0 Å². The number of hydrogen-bond donors (Lipinski definition) is 2. The van der Waals surface area contributed by atoms with Crippen molar-refractivity contribution >= 4 is 22.8 Å². The van der Waals surface area contributed by atoms with Gasteiger partial charge in [0.1, 0.15) is 5.82 Å². The van der Waals surface area contributed by atoms with E-state index in [1.807, 2.05) is 36.4 Å². The summed E-state index contributed by atoms with van der Waals surface area (Å²) < 4.78 is 0. The molecule has 0 unspecified atom stereocenters. The zero-order valence-corrected chi connectivity index (χ0v) is 10.4. The number of nitrogens with one attached hydrogen (secondary N) is 1. The van der Waals surface area contributed by atoms with Crippen molar-refractivity contribution in [2.45, 2.75) is 0 Å². The summed E-state index contributed by atoms with van der Waals surface area (Å²) in [5.74, 6) is 0.294. The third-order valence-corrected chi connectivity index (χ3v) is 2.89. The second-order valence-corrected chi connectivity index (χ2v) is 4.25. The molecule has 2 N–H and O–H groups in total. The summed E-state index contributed by atoms with van der Waals surface area (Å²) in [6.07, 6.45) is 0.469. The number of amides is 1. The zero-order chi connectivity index (χ0) is 13.9. The van der Waals surface area contributed by atoms with Gasteiger partial charge in [-0.25, -0.2) is 14.8 Å². The van der Waals surface area contributed by atoms with Gasteiger partial charge in [-0.1, -0.05) is 24.3 Å². The normalized spacial score (nSPS) is 10.4. The van der Waals surface area contributed by atoms with Crippen LogP contribution in [0.1, 0.15) is 0 Å². The van der Waals surface area contributed by atoms with Gasteiger partial charge in [0.2, 0.25) is 0 Å². The van der Waals surface area contributed by atoms with Crippen LogP contribution in [0, 0.1) is 0 Å². The monoisotopic (exact) mass is 265 g/mol. The summed E-state index contributed by atoms with van der Waals surface area (Å²) >= 11 is 0. The van der Waals surface area contributed by atoms with Gasteiger partial charge in [-0.05, 0) is 24.3 Å². The smallest absolute Gasteiger partial charge is 0.410 e. The first-order valence-corrected chi connectivity index (χ1v) is 6.04. The molecule has 0 atom stereocenters. The summed E-state index contributed by atoms with van der Waals surface area (Å²) in [6.45, 7) is 0. The van der Waals surface area contributed by atoms with Crippen LogP contribution in [0.2, 0.25) is 0 Å². The van der Waals surface area contributed by atoms with Crippen LogP contribution in [0.4, 0.5) is 10.6 Å². The molecular weight excluding hydrogens is 254 g/mol. The number of fused-ring (bicyclic) bond motifs is 1. The standard InChI is InChI=1S/C15H11N3O2/c19-15(20)18-14-8-6-11(9-16-14)13-7-5-10-3-1-2-4-12(10)17-13/h1-9H,(H,16,18)(H,19,20). The molecule has 2 heterocycles. The number of rotatable bonds is 2. The Kier molecular flexibility index (Phi) is 3.01. The van der Waals surface area contributed by atoms with Gasteiger partial charge in [0.15, 0.2) is 0 Å². The van der Waals surface area contributed by atoms with Crippen LogP contribution < -0.4 is 5.32 Å². The molecule has 0 saturated carbocycles. The molecule has 5 nitrogen and oxygen atoms in total. The third kappa shape index (κ3) is 2.42. The highest BCUT2D eigenvalue weighted by Gasteiger charge is 2.03. The fraction of sp³-hybridized carbons (Fsp3) is 0. The Morgan fingerprint density at radius 1 is 1.05 bits per heavy atom. The highest BCUT2D eigenvalue weighted by molar-refractivity contribution is 5.83.